The van der Waals surface area contributed by atoms with Gasteiger partial charge in [0.05, 0.1) is 5.69 Å². The molecule has 0 amide bonds. The molecule has 1 aliphatic rings. The van der Waals surface area contributed by atoms with Gasteiger partial charge in [0.2, 0.25) is 0 Å². The first-order valence-electron chi connectivity index (χ1n) is 7.51. The summed E-state index contributed by atoms with van der Waals surface area (Å²) in [6.07, 6.45) is 4.21. The Hall–Kier alpha value is -1.68. The first kappa shape index (κ1) is 13.3. The fraction of sp³-hybridized carbons (Fsp3) is 0.500. The van der Waals surface area contributed by atoms with Crippen LogP contribution in [0.25, 0.3) is 0 Å². The molecule has 4 nitrogen and oxygen atoms in total. The first-order valence-corrected chi connectivity index (χ1v) is 7.51. The van der Waals surface area contributed by atoms with Gasteiger partial charge in [0.15, 0.2) is 0 Å². The molecule has 0 saturated carbocycles. The number of rotatable bonds is 5. The van der Waals surface area contributed by atoms with Gasteiger partial charge in [0, 0.05) is 25.2 Å². The highest BCUT2D eigenvalue weighted by Crippen LogP contribution is 2.30. The molecule has 1 saturated heterocycles. The predicted octanol–water partition coefficient (Wildman–Crippen LogP) is 2.23. The van der Waals surface area contributed by atoms with Crippen molar-refractivity contribution in [2.75, 3.05) is 13.1 Å². The second kappa shape index (κ2) is 6.18. The van der Waals surface area contributed by atoms with E-state index in [1.54, 1.807) is 0 Å². The predicted molar refractivity (Wildman–Crippen MR) is 79.6 cm³/mol. The summed E-state index contributed by atoms with van der Waals surface area (Å²) in [5.74, 6) is 1.21. The fourth-order valence-corrected chi connectivity index (χ4v) is 3.08. The van der Waals surface area contributed by atoms with Gasteiger partial charge in [-0.2, -0.15) is 0 Å². The monoisotopic (exact) mass is 270 g/mol. The highest BCUT2D eigenvalue weighted by molar-refractivity contribution is 5.22. The lowest BCUT2D eigenvalue weighted by Gasteiger charge is -2.17. The molecule has 0 unspecified atom stereocenters. The van der Waals surface area contributed by atoms with Crippen LogP contribution in [0.5, 0.6) is 0 Å². The summed E-state index contributed by atoms with van der Waals surface area (Å²) in [4.78, 5) is 0. The average Bonchev–Trinajstić information content (AvgIpc) is 3.10. The standard InChI is InChI=1S/C16H22N4/c1-2-8-20-12-15(18-19-20)9-14-10-17-11-16(14)13-6-4-3-5-7-13/h3-7,12,14,16-17H,2,8-11H2,1H3/t14-,16+/m0/s1. The van der Waals surface area contributed by atoms with Gasteiger partial charge >= 0.3 is 0 Å². The Labute approximate surface area is 120 Å². The Morgan fingerprint density at radius 3 is 2.90 bits per heavy atom. The van der Waals surface area contributed by atoms with Crippen molar-refractivity contribution in [2.45, 2.75) is 32.2 Å². The maximum Gasteiger partial charge on any atom is 0.0830 e. The van der Waals surface area contributed by atoms with Crippen LogP contribution >= 0.6 is 0 Å². The Morgan fingerprint density at radius 1 is 1.25 bits per heavy atom. The van der Waals surface area contributed by atoms with E-state index in [0.29, 0.717) is 11.8 Å². The van der Waals surface area contributed by atoms with Gasteiger partial charge in [-0.15, -0.1) is 5.10 Å². The molecule has 0 radical (unpaired) electrons. The van der Waals surface area contributed by atoms with E-state index in [2.05, 4.69) is 59.1 Å². The molecule has 1 N–H and O–H groups in total. The molecule has 1 fully saturated rings. The minimum Gasteiger partial charge on any atom is -0.316 e. The largest absolute Gasteiger partial charge is 0.316 e. The van der Waals surface area contributed by atoms with Crippen LogP contribution in [0, 0.1) is 5.92 Å². The zero-order valence-electron chi connectivity index (χ0n) is 12.0. The van der Waals surface area contributed by atoms with Gasteiger partial charge in [-0.05, 0) is 30.9 Å². The Morgan fingerprint density at radius 2 is 2.10 bits per heavy atom. The van der Waals surface area contributed by atoms with Gasteiger partial charge in [-0.3, -0.25) is 4.68 Å². The zero-order valence-corrected chi connectivity index (χ0v) is 12.0. The summed E-state index contributed by atoms with van der Waals surface area (Å²) in [7, 11) is 0. The van der Waals surface area contributed by atoms with Crippen molar-refractivity contribution < 1.29 is 0 Å². The smallest absolute Gasteiger partial charge is 0.0830 e. The SMILES string of the molecule is CCCn1cc(C[C@H]2CNC[C@@H]2c2ccccc2)nn1. The van der Waals surface area contributed by atoms with Crippen LogP contribution in [-0.4, -0.2) is 28.1 Å². The fourth-order valence-electron chi connectivity index (χ4n) is 3.08. The van der Waals surface area contributed by atoms with Crippen LogP contribution in [0.3, 0.4) is 0 Å². The second-order valence-electron chi connectivity index (χ2n) is 5.61. The van der Waals surface area contributed by atoms with E-state index in [9.17, 15) is 0 Å². The first-order chi connectivity index (χ1) is 9.86. The van der Waals surface area contributed by atoms with E-state index in [1.165, 1.54) is 5.56 Å². The lowest BCUT2D eigenvalue weighted by Crippen LogP contribution is -2.14. The molecule has 0 aliphatic carbocycles. The quantitative estimate of drug-likeness (QED) is 0.906. The lowest BCUT2D eigenvalue weighted by atomic mass is 9.86. The molecule has 1 aromatic carbocycles. The molecular formula is C16H22N4. The molecule has 1 aliphatic heterocycles. The van der Waals surface area contributed by atoms with Crippen molar-refractivity contribution in [2.24, 2.45) is 5.92 Å². The van der Waals surface area contributed by atoms with Crippen LogP contribution in [0.2, 0.25) is 0 Å². The number of aryl methyl sites for hydroxylation is 1. The van der Waals surface area contributed by atoms with Gasteiger partial charge in [0.1, 0.15) is 0 Å². The van der Waals surface area contributed by atoms with Crippen molar-refractivity contribution in [1.29, 1.82) is 0 Å². The number of nitrogens with zero attached hydrogens (tertiary/aromatic N) is 3. The van der Waals surface area contributed by atoms with Crippen LogP contribution in [-0.2, 0) is 13.0 Å². The van der Waals surface area contributed by atoms with Crippen LogP contribution in [0.1, 0.15) is 30.5 Å². The number of hydrogen-bond acceptors (Lipinski definition) is 3. The van der Waals surface area contributed by atoms with Crippen molar-refractivity contribution in [1.82, 2.24) is 20.3 Å². The minimum absolute atomic E-state index is 0.590. The molecule has 0 bridgehead atoms. The summed E-state index contributed by atoms with van der Waals surface area (Å²) in [6, 6.07) is 10.8. The number of hydrogen-bond donors (Lipinski definition) is 1. The maximum atomic E-state index is 4.31. The van der Waals surface area contributed by atoms with E-state index in [1.807, 2.05) is 4.68 Å². The Bertz CT molecular complexity index is 534. The molecule has 2 atom stereocenters. The van der Waals surface area contributed by atoms with Crippen LogP contribution in [0.4, 0.5) is 0 Å². The number of aromatic nitrogens is 3. The van der Waals surface area contributed by atoms with E-state index in [0.717, 1.165) is 38.2 Å². The van der Waals surface area contributed by atoms with E-state index >= 15 is 0 Å². The molecule has 4 heteroatoms. The molecule has 2 aromatic rings. The maximum absolute atomic E-state index is 4.31. The minimum atomic E-state index is 0.590. The van der Waals surface area contributed by atoms with Crippen LogP contribution < -0.4 is 5.32 Å². The van der Waals surface area contributed by atoms with E-state index in [-0.39, 0.29) is 0 Å². The van der Waals surface area contributed by atoms with Crippen molar-refractivity contribution in [3.8, 4) is 0 Å². The highest BCUT2D eigenvalue weighted by atomic mass is 15.4. The Balaban J connectivity index is 1.69. The summed E-state index contributed by atoms with van der Waals surface area (Å²) in [5.41, 5.74) is 2.55. The van der Waals surface area contributed by atoms with Crippen molar-refractivity contribution in [3.05, 3.63) is 47.8 Å². The average molecular weight is 270 g/mol. The van der Waals surface area contributed by atoms with E-state index in [4.69, 9.17) is 0 Å². The van der Waals surface area contributed by atoms with Crippen LogP contribution in [0.15, 0.2) is 36.5 Å². The van der Waals surface area contributed by atoms with Gasteiger partial charge in [0.25, 0.3) is 0 Å². The molecule has 106 valence electrons. The third kappa shape index (κ3) is 2.90. The number of nitrogens with one attached hydrogen (secondary N) is 1. The van der Waals surface area contributed by atoms with Crippen molar-refractivity contribution in [3.63, 3.8) is 0 Å². The summed E-state index contributed by atoms with van der Waals surface area (Å²) < 4.78 is 1.95. The lowest BCUT2D eigenvalue weighted by molar-refractivity contribution is 0.510. The topological polar surface area (TPSA) is 42.7 Å². The molecule has 20 heavy (non-hydrogen) atoms. The normalized spacial score (nSPS) is 22.2. The summed E-state index contributed by atoms with van der Waals surface area (Å²) in [6.45, 7) is 5.25. The van der Waals surface area contributed by atoms with Crippen molar-refractivity contribution >= 4 is 0 Å². The summed E-state index contributed by atoms with van der Waals surface area (Å²) in [5, 5.41) is 12.0. The molecular weight excluding hydrogens is 248 g/mol. The molecule has 1 aromatic heterocycles. The third-order valence-corrected chi connectivity index (χ3v) is 4.08. The van der Waals surface area contributed by atoms with E-state index < -0.39 is 0 Å². The second-order valence-corrected chi connectivity index (χ2v) is 5.61. The van der Waals surface area contributed by atoms with Gasteiger partial charge in [-0.1, -0.05) is 42.5 Å². The molecule has 0 spiro atoms. The molecule has 2 heterocycles. The zero-order chi connectivity index (χ0) is 13.8. The highest BCUT2D eigenvalue weighted by Gasteiger charge is 2.29. The Kier molecular flexibility index (Phi) is 4.11. The number of benzene rings is 1. The van der Waals surface area contributed by atoms with Gasteiger partial charge in [-0.25, -0.2) is 0 Å². The third-order valence-electron chi connectivity index (χ3n) is 4.08. The summed E-state index contributed by atoms with van der Waals surface area (Å²) >= 11 is 0. The van der Waals surface area contributed by atoms with Gasteiger partial charge < -0.3 is 5.32 Å². The molecule has 3 rings (SSSR count).